The van der Waals surface area contributed by atoms with Gasteiger partial charge in [-0.2, -0.15) is 0 Å². The molecule has 3 heteroatoms. The molecule has 0 aliphatic rings. The Labute approximate surface area is 80.7 Å². The molecule has 1 unspecified atom stereocenters. The zero-order chi connectivity index (χ0) is 10.6. The molecule has 0 aromatic rings. The highest BCUT2D eigenvalue weighted by Gasteiger charge is 2.37. The van der Waals surface area contributed by atoms with Gasteiger partial charge in [0.05, 0.1) is 5.41 Å². The molecule has 0 radical (unpaired) electrons. The summed E-state index contributed by atoms with van der Waals surface area (Å²) in [6, 6.07) is 0.106. The van der Waals surface area contributed by atoms with Crippen LogP contribution in [-0.2, 0) is 4.79 Å². The fourth-order valence-corrected chi connectivity index (χ4v) is 1.68. The van der Waals surface area contributed by atoms with Crippen LogP contribution in [0.3, 0.4) is 0 Å². The molecule has 1 atom stereocenters. The second kappa shape index (κ2) is 4.61. The van der Waals surface area contributed by atoms with Crippen molar-refractivity contribution in [3.63, 3.8) is 0 Å². The van der Waals surface area contributed by atoms with Crippen molar-refractivity contribution in [2.75, 3.05) is 14.1 Å². The van der Waals surface area contributed by atoms with Crippen LogP contribution in [0.15, 0.2) is 0 Å². The van der Waals surface area contributed by atoms with E-state index in [2.05, 4.69) is 6.92 Å². The first-order valence-corrected chi connectivity index (χ1v) is 4.73. The molecule has 0 aliphatic carbocycles. The minimum atomic E-state index is -0.723. The Kier molecular flexibility index (Phi) is 4.40. The van der Waals surface area contributed by atoms with Gasteiger partial charge < -0.3 is 10.0 Å². The lowest BCUT2D eigenvalue weighted by Gasteiger charge is -2.35. The van der Waals surface area contributed by atoms with Gasteiger partial charge in [0.25, 0.3) is 0 Å². The van der Waals surface area contributed by atoms with Crippen LogP contribution in [0.2, 0.25) is 0 Å². The Morgan fingerprint density at radius 3 is 2.15 bits per heavy atom. The summed E-state index contributed by atoms with van der Waals surface area (Å²) < 4.78 is 0. The number of rotatable bonds is 5. The van der Waals surface area contributed by atoms with Crippen LogP contribution in [0.1, 0.15) is 33.6 Å². The molecule has 3 nitrogen and oxygen atoms in total. The van der Waals surface area contributed by atoms with E-state index in [0.717, 1.165) is 12.8 Å². The molecule has 0 saturated carbocycles. The number of carbonyl (C=O) groups is 1. The average molecular weight is 187 g/mol. The largest absolute Gasteiger partial charge is 0.481 e. The van der Waals surface area contributed by atoms with E-state index in [1.165, 1.54) is 0 Å². The Morgan fingerprint density at radius 1 is 1.46 bits per heavy atom. The number of carboxylic acids is 1. The Morgan fingerprint density at radius 2 is 1.92 bits per heavy atom. The van der Waals surface area contributed by atoms with Gasteiger partial charge in [-0.1, -0.05) is 13.3 Å². The van der Waals surface area contributed by atoms with E-state index < -0.39 is 11.4 Å². The van der Waals surface area contributed by atoms with E-state index in [4.69, 9.17) is 5.11 Å². The molecule has 78 valence electrons. The average Bonchev–Trinajstić information content (AvgIpc) is 1.98. The SMILES string of the molecule is CCCC(N(C)C)C(C)(C)C(=O)O. The number of hydrogen-bond acceptors (Lipinski definition) is 2. The first-order valence-electron chi connectivity index (χ1n) is 4.73. The molecule has 0 spiro atoms. The molecule has 0 amide bonds. The lowest BCUT2D eigenvalue weighted by Crippen LogP contribution is -2.45. The van der Waals surface area contributed by atoms with Crippen molar-refractivity contribution in [3.05, 3.63) is 0 Å². The van der Waals surface area contributed by atoms with Gasteiger partial charge in [0.2, 0.25) is 0 Å². The molecule has 0 saturated heterocycles. The molecule has 0 fully saturated rings. The van der Waals surface area contributed by atoms with Crippen molar-refractivity contribution in [1.82, 2.24) is 4.90 Å². The fraction of sp³-hybridized carbons (Fsp3) is 0.900. The van der Waals surface area contributed by atoms with Gasteiger partial charge in [0.15, 0.2) is 0 Å². The van der Waals surface area contributed by atoms with Crippen LogP contribution in [-0.4, -0.2) is 36.1 Å². The van der Waals surface area contributed by atoms with Crippen LogP contribution in [0.25, 0.3) is 0 Å². The lowest BCUT2D eigenvalue weighted by molar-refractivity contribution is -0.150. The van der Waals surface area contributed by atoms with E-state index in [9.17, 15) is 4.79 Å². The van der Waals surface area contributed by atoms with Crippen molar-refractivity contribution < 1.29 is 9.90 Å². The van der Waals surface area contributed by atoms with Crippen LogP contribution >= 0.6 is 0 Å². The molecular formula is C10H21NO2. The van der Waals surface area contributed by atoms with Gasteiger partial charge in [-0.25, -0.2) is 0 Å². The van der Waals surface area contributed by atoms with Crippen molar-refractivity contribution in [2.24, 2.45) is 5.41 Å². The first-order chi connectivity index (χ1) is 5.84. The monoisotopic (exact) mass is 187 g/mol. The third kappa shape index (κ3) is 2.99. The first kappa shape index (κ1) is 12.4. The highest BCUT2D eigenvalue weighted by atomic mass is 16.4. The second-order valence-electron chi connectivity index (χ2n) is 4.29. The van der Waals surface area contributed by atoms with Gasteiger partial charge in [0.1, 0.15) is 0 Å². The van der Waals surface area contributed by atoms with Crippen LogP contribution in [0.5, 0.6) is 0 Å². The Balaban J connectivity index is 4.61. The van der Waals surface area contributed by atoms with E-state index in [1.807, 2.05) is 19.0 Å². The summed E-state index contributed by atoms with van der Waals surface area (Å²) in [4.78, 5) is 13.0. The Hall–Kier alpha value is -0.570. The molecular weight excluding hydrogens is 166 g/mol. The smallest absolute Gasteiger partial charge is 0.310 e. The van der Waals surface area contributed by atoms with Gasteiger partial charge in [-0.15, -0.1) is 0 Å². The molecule has 0 heterocycles. The topological polar surface area (TPSA) is 40.5 Å². The molecule has 0 bridgehead atoms. The highest BCUT2D eigenvalue weighted by molar-refractivity contribution is 5.74. The summed E-state index contributed by atoms with van der Waals surface area (Å²) in [7, 11) is 3.87. The summed E-state index contributed by atoms with van der Waals surface area (Å²) >= 11 is 0. The van der Waals surface area contributed by atoms with E-state index >= 15 is 0 Å². The molecule has 0 aromatic carbocycles. The fourth-order valence-electron chi connectivity index (χ4n) is 1.68. The minimum absolute atomic E-state index is 0.106. The summed E-state index contributed by atoms with van der Waals surface area (Å²) in [6.07, 6.45) is 1.94. The maximum Gasteiger partial charge on any atom is 0.310 e. The van der Waals surface area contributed by atoms with Gasteiger partial charge in [0, 0.05) is 6.04 Å². The van der Waals surface area contributed by atoms with E-state index in [-0.39, 0.29) is 6.04 Å². The molecule has 0 aromatic heterocycles. The molecule has 1 N–H and O–H groups in total. The number of carboxylic acid groups (broad SMARTS) is 1. The van der Waals surface area contributed by atoms with Crippen LogP contribution < -0.4 is 0 Å². The Bertz CT molecular complexity index is 176. The van der Waals surface area contributed by atoms with Crippen molar-refractivity contribution in [1.29, 1.82) is 0 Å². The van der Waals surface area contributed by atoms with Crippen molar-refractivity contribution >= 4 is 5.97 Å². The summed E-state index contributed by atoms with van der Waals surface area (Å²) in [6.45, 7) is 5.65. The molecule has 0 rings (SSSR count). The quantitative estimate of drug-likeness (QED) is 0.713. The van der Waals surface area contributed by atoms with Crippen molar-refractivity contribution in [2.45, 2.75) is 39.7 Å². The number of nitrogens with zero attached hydrogens (tertiary/aromatic N) is 1. The zero-order valence-corrected chi connectivity index (χ0v) is 9.29. The standard InChI is InChI=1S/C10H21NO2/c1-6-7-8(11(4)5)10(2,3)9(12)13/h8H,6-7H2,1-5H3,(H,12,13). The van der Waals surface area contributed by atoms with E-state index in [1.54, 1.807) is 13.8 Å². The van der Waals surface area contributed by atoms with Gasteiger partial charge in [-0.3, -0.25) is 4.79 Å². The van der Waals surface area contributed by atoms with Gasteiger partial charge in [-0.05, 0) is 34.4 Å². The predicted molar refractivity (Wildman–Crippen MR) is 53.8 cm³/mol. The summed E-state index contributed by atoms with van der Waals surface area (Å²) in [5, 5.41) is 9.06. The highest BCUT2D eigenvalue weighted by Crippen LogP contribution is 2.27. The number of hydrogen-bond donors (Lipinski definition) is 1. The summed E-state index contributed by atoms with van der Waals surface area (Å²) in [5.41, 5.74) is -0.667. The molecule has 13 heavy (non-hydrogen) atoms. The maximum atomic E-state index is 11.0. The summed E-state index contributed by atoms with van der Waals surface area (Å²) in [5.74, 6) is -0.723. The third-order valence-electron chi connectivity index (χ3n) is 2.57. The zero-order valence-electron chi connectivity index (χ0n) is 9.29. The number of aliphatic carboxylic acids is 1. The third-order valence-corrected chi connectivity index (χ3v) is 2.57. The van der Waals surface area contributed by atoms with Crippen LogP contribution in [0.4, 0.5) is 0 Å². The normalized spacial score (nSPS) is 14.6. The van der Waals surface area contributed by atoms with Crippen LogP contribution in [0, 0.1) is 5.41 Å². The maximum absolute atomic E-state index is 11.0. The van der Waals surface area contributed by atoms with Gasteiger partial charge >= 0.3 is 5.97 Å². The lowest BCUT2D eigenvalue weighted by atomic mass is 9.81. The predicted octanol–water partition coefficient (Wildman–Crippen LogP) is 1.83. The van der Waals surface area contributed by atoms with E-state index in [0.29, 0.717) is 0 Å². The minimum Gasteiger partial charge on any atom is -0.481 e. The van der Waals surface area contributed by atoms with Crippen molar-refractivity contribution in [3.8, 4) is 0 Å². The molecule has 0 aliphatic heterocycles. The second-order valence-corrected chi connectivity index (χ2v) is 4.29.